The number of nitrogens with zero attached hydrogens (tertiary/aromatic N) is 3. The molecule has 0 saturated carbocycles. The summed E-state index contributed by atoms with van der Waals surface area (Å²) in [5, 5.41) is 6.83. The van der Waals surface area contributed by atoms with Crippen LogP contribution in [0.5, 0.6) is 0 Å². The zero-order valence-corrected chi connectivity index (χ0v) is 16.8. The van der Waals surface area contributed by atoms with E-state index < -0.39 is 17.2 Å². The van der Waals surface area contributed by atoms with Gasteiger partial charge in [-0.15, -0.1) is 0 Å². The summed E-state index contributed by atoms with van der Waals surface area (Å²) in [5.74, 6) is -0.127. The van der Waals surface area contributed by atoms with Gasteiger partial charge in [-0.1, -0.05) is 65.3 Å². The summed E-state index contributed by atoms with van der Waals surface area (Å²) in [6, 6.07) is 16.0. The van der Waals surface area contributed by atoms with E-state index in [-0.39, 0.29) is 24.5 Å². The van der Waals surface area contributed by atoms with Crippen LogP contribution in [0.3, 0.4) is 0 Å². The van der Waals surface area contributed by atoms with Gasteiger partial charge in [0.1, 0.15) is 5.56 Å². The number of carbonyl (C=O) groups excluding carboxylic acids is 1. The Morgan fingerprint density at radius 2 is 1.84 bits per heavy atom. The van der Waals surface area contributed by atoms with Gasteiger partial charge < -0.3 is 14.8 Å². The number of nitrogens with one attached hydrogen (secondary N) is 2. The first-order chi connectivity index (χ1) is 15.0. The Morgan fingerprint density at radius 3 is 2.61 bits per heavy atom. The molecule has 2 heterocycles. The first kappa shape index (κ1) is 20.3. The molecular formula is C21H16ClN5O4. The summed E-state index contributed by atoms with van der Waals surface area (Å²) < 4.78 is 6.05. The highest BCUT2D eigenvalue weighted by atomic mass is 35.5. The summed E-state index contributed by atoms with van der Waals surface area (Å²) in [6.07, 6.45) is 1.08. The minimum atomic E-state index is -0.739. The van der Waals surface area contributed by atoms with Gasteiger partial charge in [-0.2, -0.15) is 4.98 Å². The predicted octanol–water partition coefficient (Wildman–Crippen LogP) is 2.22. The number of H-pyrrole nitrogens is 1. The minimum Gasteiger partial charge on any atom is -0.343 e. The molecule has 0 radical (unpaired) electrons. The molecule has 10 heteroatoms. The second kappa shape index (κ2) is 8.80. The quantitative estimate of drug-likeness (QED) is 0.476. The highest BCUT2D eigenvalue weighted by Crippen LogP contribution is 2.15. The number of carbonyl (C=O) groups is 1. The van der Waals surface area contributed by atoms with Gasteiger partial charge in [-0.3, -0.25) is 14.2 Å². The predicted molar refractivity (Wildman–Crippen MR) is 113 cm³/mol. The lowest BCUT2D eigenvalue weighted by molar-refractivity contribution is 0.0943. The van der Waals surface area contributed by atoms with Gasteiger partial charge in [0.2, 0.25) is 11.7 Å². The molecule has 9 nitrogen and oxygen atoms in total. The number of halogens is 1. The van der Waals surface area contributed by atoms with Crippen LogP contribution in [0.2, 0.25) is 5.02 Å². The maximum absolute atomic E-state index is 12.7. The van der Waals surface area contributed by atoms with Gasteiger partial charge in [0.05, 0.1) is 13.1 Å². The van der Waals surface area contributed by atoms with Crippen LogP contribution in [0.15, 0.2) is 74.9 Å². The van der Waals surface area contributed by atoms with Gasteiger partial charge in [-0.25, -0.2) is 4.79 Å². The third-order valence-corrected chi connectivity index (χ3v) is 4.86. The Morgan fingerprint density at radius 1 is 1.10 bits per heavy atom. The monoisotopic (exact) mass is 437 g/mol. The lowest BCUT2D eigenvalue weighted by atomic mass is 10.2. The van der Waals surface area contributed by atoms with E-state index in [0.29, 0.717) is 16.4 Å². The maximum Gasteiger partial charge on any atom is 0.328 e. The summed E-state index contributed by atoms with van der Waals surface area (Å²) in [5.41, 5.74) is -0.266. The van der Waals surface area contributed by atoms with Gasteiger partial charge in [-0.05, 0) is 11.6 Å². The van der Waals surface area contributed by atoms with Crippen molar-refractivity contribution >= 4 is 17.5 Å². The smallest absolute Gasteiger partial charge is 0.328 e. The second-order valence-electron chi connectivity index (χ2n) is 6.55. The average Bonchev–Trinajstić information content (AvgIpc) is 3.26. The van der Waals surface area contributed by atoms with E-state index in [2.05, 4.69) is 20.4 Å². The van der Waals surface area contributed by atoms with Crippen LogP contribution in [0.1, 0.15) is 21.8 Å². The Balaban J connectivity index is 1.50. The molecule has 2 N–H and O–H groups in total. The first-order valence-electron chi connectivity index (χ1n) is 9.25. The van der Waals surface area contributed by atoms with Crippen molar-refractivity contribution in [3.63, 3.8) is 0 Å². The number of rotatable bonds is 6. The third kappa shape index (κ3) is 4.46. The van der Waals surface area contributed by atoms with Crippen molar-refractivity contribution in [3.8, 4) is 11.4 Å². The summed E-state index contributed by atoms with van der Waals surface area (Å²) in [7, 11) is 0. The molecule has 4 rings (SSSR count). The molecule has 2 aromatic carbocycles. The average molecular weight is 438 g/mol. The molecule has 4 aromatic rings. The highest BCUT2D eigenvalue weighted by molar-refractivity contribution is 6.31. The highest BCUT2D eigenvalue weighted by Gasteiger charge is 2.17. The molecule has 0 atom stereocenters. The topological polar surface area (TPSA) is 123 Å². The molecule has 0 bridgehead atoms. The van der Waals surface area contributed by atoms with Crippen molar-refractivity contribution in [3.05, 3.63) is 104 Å². The van der Waals surface area contributed by atoms with Crippen LogP contribution in [0, 0.1) is 0 Å². The van der Waals surface area contributed by atoms with Crippen LogP contribution in [0.25, 0.3) is 11.4 Å². The SMILES string of the molecule is O=C(NCc1nc(-c2ccccc2)no1)c1c[nH]c(=O)n(Cc2ccccc2Cl)c1=O. The normalized spacial score (nSPS) is 10.7. The molecule has 0 aliphatic heterocycles. The van der Waals surface area contributed by atoms with Crippen LogP contribution >= 0.6 is 11.6 Å². The van der Waals surface area contributed by atoms with Crippen LogP contribution in [0.4, 0.5) is 0 Å². The van der Waals surface area contributed by atoms with E-state index in [1.165, 1.54) is 0 Å². The molecule has 0 spiro atoms. The molecule has 0 unspecified atom stereocenters. The number of aromatic amines is 1. The Hall–Kier alpha value is -3.98. The lowest BCUT2D eigenvalue weighted by Crippen LogP contribution is -2.40. The number of amides is 1. The summed E-state index contributed by atoms with van der Waals surface area (Å²) in [6.45, 7) is -0.152. The summed E-state index contributed by atoms with van der Waals surface area (Å²) in [4.78, 5) is 44.0. The standard InChI is InChI=1S/C21H16ClN5O4/c22-16-9-5-4-8-14(16)12-27-20(29)15(10-24-21(27)30)19(28)23-11-17-25-18(26-31-17)13-6-2-1-3-7-13/h1-10H,11-12H2,(H,23,28)(H,24,30). The zero-order valence-electron chi connectivity index (χ0n) is 16.0. The van der Waals surface area contributed by atoms with E-state index in [1.54, 1.807) is 24.3 Å². The molecule has 0 fully saturated rings. The van der Waals surface area contributed by atoms with Gasteiger partial charge in [0.15, 0.2) is 0 Å². The largest absolute Gasteiger partial charge is 0.343 e. The fraction of sp³-hybridized carbons (Fsp3) is 0.0952. The van der Waals surface area contributed by atoms with E-state index in [0.717, 1.165) is 16.3 Å². The Bertz CT molecular complexity index is 1340. The molecule has 0 aliphatic carbocycles. The first-order valence-corrected chi connectivity index (χ1v) is 9.63. The lowest BCUT2D eigenvalue weighted by Gasteiger charge is -2.08. The minimum absolute atomic E-state index is 0.0704. The number of hydrogen-bond acceptors (Lipinski definition) is 6. The molecule has 1 amide bonds. The van der Waals surface area contributed by atoms with Gasteiger partial charge in [0, 0.05) is 16.8 Å². The fourth-order valence-corrected chi connectivity index (χ4v) is 3.09. The van der Waals surface area contributed by atoms with E-state index >= 15 is 0 Å². The number of aromatic nitrogens is 4. The van der Waals surface area contributed by atoms with Crippen molar-refractivity contribution in [2.45, 2.75) is 13.1 Å². The van der Waals surface area contributed by atoms with Crippen LogP contribution in [-0.4, -0.2) is 25.6 Å². The molecule has 2 aromatic heterocycles. The number of benzene rings is 2. The summed E-state index contributed by atoms with van der Waals surface area (Å²) >= 11 is 6.11. The van der Waals surface area contributed by atoms with Crippen molar-refractivity contribution in [2.24, 2.45) is 0 Å². The van der Waals surface area contributed by atoms with Gasteiger partial charge >= 0.3 is 5.69 Å². The van der Waals surface area contributed by atoms with Crippen molar-refractivity contribution < 1.29 is 9.32 Å². The molecule has 31 heavy (non-hydrogen) atoms. The molecular weight excluding hydrogens is 422 g/mol. The molecule has 0 aliphatic rings. The fourth-order valence-electron chi connectivity index (χ4n) is 2.90. The Kier molecular flexibility index (Phi) is 5.76. The third-order valence-electron chi connectivity index (χ3n) is 4.49. The van der Waals surface area contributed by atoms with Crippen molar-refractivity contribution in [1.29, 1.82) is 0 Å². The van der Waals surface area contributed by atoms with E-state index in [4.69, 9.17) is 16.1 Å². The molecule has 156 valence electrons. The Labute approximate surface area is 180 Å². The molecule has 0 saturated heterocycles. The van der Waals surface area contributed by atoms with E-state index in [9.17, 15) is 14.4 Å². The van der Waals surface area contributed by atoms with Crippen molar-refractivity contribution in [1.82, 2.24) is 25.0 Å². The number of hydrogen-bond donors (Lipinski definition) is 2. The van der Waals surface area contributed by atoms with Gasteiger partial charge in [0.25, 0.3) is 11.5 Å². The van der Waals surface area contributed by atoms with Crippen molar-refractivity contribution in [2.75, 3.05) is 0 Å². The second-order valence-corrected chi connectivity index (χ2v) is 6.96. The zero-order chi connectivity index (χ0) is 21.8. The maximum atomic E-state index is 12.7. The van der Waals surface area contributed by atoms with Crippen LogP contribution in [-0.2, 0) is 13.1 Å². The van der Waals surface area contributed by atoms with E-state index in [1.807, 2.05) is 30.3 Å². The van der Waals surface area contributed by atoms with Crippen LogP contribution < -0.4 is 16.6 Å².